The maximum Gasteiger partial charge on any atom is 0.223 e. The Morgan fingerprint density at radius 2 is 2.15 bits per heavy atom. The SMILES string of the molecule is C#CCNC(=O)C1CCNCC1.Cl. The monoisotopic (exact) mass is 202 g/mol. The molecule has 1 amide bonds. The molecule has 4 heteroatoms. The molecule has 0 aromatic rings. The van der Waals surface area contributed by atoms with E-state index >= 15 is 0 Å². The lowest BCUT2D eigenvalue weighted by Crippen LogP contribution is -2.38. The number of piperidine rings is 1. The van der Waals surface area contributed by atoms with Crippen LogP contribution in [-0.4, -0.2) is 25.5 Å². The van der Waals surface area contributed by atoms with Crippen LogP contribution in [0.3, 0.4) is 0 Å². The number of hydrogen-bond donors (Lipinski definition) is 2. The summed E-state index contributed by atoms with van der Waals surface area (Å²) in [5.74, 6) is 2.66. The van der Waals surface area contributed by atoms with Crippen LogP contribution in [0.5, 0.6) is 0 Å². The summed E-state index contributed by atoms with van der Waals surface area (Å²) in [6.07, 6.45) is 6.88. The summed E-state index contributed by atoms with van der Waals surface area (Å²) in [6, 6.07) is 0. The van der Waals surface area contributed by atoms with Crippen molar-refractivity contribution >= 4 is 18.3 Å². The molecule has 0 aliphatic carbocycles. The Morgan fingerprint density at radius 3 is 2.69 bits per heavy atom. The predicted molar refractivity (Wildman–Crippen MR) is 54.7 cm³/mol. The summed E-state index contributed by atoms with van der Waals surface area (Å²) < 4.78 is 0. The van der Waals surface area contributed by atoms with Gasteiger partial charge in [-0.05, 0) is 25.9 Å². The molecular formula is C9H15ClN2O. The second kappa shape index (κ2) is 6.76. The molecule has 1 rings (SSSR count). The molecule has 0 spiro atoms. The van der Waals surface area contributed by atoms with Gasteiger partial charge < -0.3 is 10.6 Å². The smallest absolute Gasteiger partial charge is 0.223 e. The summed E-state index contributed by atoms with van der Waals surface area (Å²) >= 11 is 0. The van der Waals surface area contributed by atoms with Crippen molar-refractivity contribution in [2.24, 2.45) is 5.92 Å². The highest BCUT2D eigenvalue weighted by atomic mass is 35.5. The molecule has 1 aliphatic rings. The molecule has 0 unspecified atom stereocenters. The van der Waals surface area contributed by atoms with Crippen molar-refractivity contribution in [2.75, 3.05) is 19.6 Å². The fourth-order valence-corrected chi connectivity index (χ4v) is 1.37. The quantitative estimate of drug-likeness (QED) is 0.627. The lowest BCUT2D eigenvalue weighted by Gasteiger charge is -2.21. The average molecular weight is 203 g/mol. The van der Waals surface area contributed by atoms with Gasteiger partial charge in [-0.15, -0.1) is 18.8 Å². The average Bonchev–Trinajstić information content (AvgIpc) is 2.15. The number of carbonyl (C=O) groups is 1. The van der Waals surface area contributed by atoms with Crippen LogP contribution in [0.1, 0.15) is 12.8 Å². The Bertz CT molecular complexity index is 194. The van der Waals surface area contributed by atoms with Crippen molar-refractivity contribution in [2.45, 2.75) is 12.8 Å². The zero-order chi connectivity index (χ0) is 8.81. The van der Waals surface area contributed by atoms with E-state index in [1.807, 2.05) is 0 Å². The van der Waals surface area contributed by atoms with E-state index in [9.17, 15) is 4.79 Å². The lowest BCUT2D eigenvalue weighted by molar-refractivity contribution is -0.125. The molecule has 0 saturated carbocycles. The molecule has 0 bridgehead atoms. The zero-order valence-corrected chi connectivity index (χ0v) is 8.32. The van der Waals surface area contributed by atoms with Gasteiger partial charge in [0.1, 0.15) is 0 Å². The third-order valence-corrected chi connectivity index (χ3v) is 2.07. The van der Waals surface area contributed by atoms with Gasteiger partial charge in [0.2, 0.25) is 5.91 Å². The number of nitrogens with one attached hydrogen (secondary N) is 2. The topological polar surface area (TPSA) is 41.1 Å². The lowest BCUT2D eigenvalue weighted by atomic mass is 9.97. The Kier molecular flexibility index (Phi) is 6.38. The summed E-state index contributed by atoms with van der Waals surface area (Å²) in [7, 11) is 0. The van der Waals surface area contributed by atoms with E-state index in [4.69, 9.17) is 6.42 Å². The van der Waals surface area contributed by atoms with Crippen LogP contribution in [0, 0.1) is 18.3 Å². The molecule has 0 aromatic heterocycles. The molecule has 2 N–H and O–H groups in total. The first-order chi connectivity index (χ1) is 5.84. The molecule has 1 fully saturated rings. The minimum absolute atomic E-state index is 0. The largest absolute Gasteiger partial charge is 0.345 e. The first kappa shape index (κ1) is 12.3. The molecule has 1 heterocycles. The first-order valence-corrected chi connectivity index (χ1v) is 4.26. The fraction of sp³-hybridized carbons (Fsp3) is 0.667. The molecule has 74 valence electrons. The van der Waals surface area contributed by atoms with Gasteiger partial charge in [-0.25, -0.2) is 0 Å². The maximum atomic E-state index is 11.3. The molecule has 0 radical (unpaired) electrons. The van der Waals surface area contributed by atoms with E-state index in [0.717, 1.165) is 25.9 Å². The van der Waals surface area contributed by atoms with E-state index < -0.39 is 0 Å². The first-order valence-electron chi connectivity index (χ1n) is 4.26. The van der Waals surface area contributed by atoms with Crippen molar-refractivity contribution in [1.82, 2.24) is 10.6 Å². The molecule has 3 nitrogen and oxygen atoms in total. The Morgan fingerprint density at radius 1 is 1.54 bits per heavy atom. The van der Waals surface area contributed by atoms with Crippen molar-refractivity contribution < 1.29 is 4.79 Å². The zero-order valence-electron chi connectivity index (χ0n) is 7.51. The second-order valence-corrected chi connectivity index (χ2v) is 2.95. The minimum Gasteiger partial charge on any atom is -0.345 e. The van der Waals surface area contributed by atoms with Gasteiger partial charge in [0.25, 0.3) is 0 Å². The fourth-order valence-electron chi connectivity index (χ4n) is 1.37. The van der Waals surface area contributed by atoms with Crippen LogP contribution in [-0.2, 0) is 4.79 Å². The Labute approximate surface area is 85.1 Å². The highest BCUT2D eigenvalue weighted by Gasteiger charge is 2.19. The number of hydrogen-bond acceptors (Lipinski definition) is 2. The molecule has 1 saturated heterocycles. The van der Waals surface area contributed by atoms with Gasteiger partial charge >= 0.3 is 0 Å². The summed E-state index contributed by atoms with van der Waals surface area (Å²) in [5, 5.41) is 5.90. The van der Waals surface area contributed by atoms with Gasteiger partial charge in [0, 0.05) is 5.92 Å². The molecule has 1 aliphatic heterocycles. The van der Waals surface area contributed by atoms with Crippen LogP contribution >= 0.6 is 12.4 Å². The highest BCUT2D eigenvalue weighted by Crippen LogP contribution is 2.10. The Balaban J connectivity index is 0.00000144. The third-order valence-electron chi connectivity index (χ3n) is 2.07. The minimum atomic E-state index is 0. The molecule has 0 atom stereocenters. The predicted octanol–water partition coefficient (Wildman–Crippen LogP) is 0.157. The van der Waals surface area contributed by atoms with Gasteiger partial charge in [-0.2, -0.15) is 0 Å². The van der Waals surface area contributed by atoms with Crippen molar-refractivity contribution in [3.05, 3.63) is 0 Å². The summed E-state index contributed by atoms with van der Waals surface area (Å²) in [5.41, 5.74) is 0. The van der Waals surface area contributed by atoms with E-state index in [0.29, 0.717) is 6.54 Å². The molecular weight excluding hydrogens is 188 g/mol. The van der Waals surface area contributed by atoms with Crippen LogP contribution in [0.15, 0.2) is 0 Å². The number of halogens is 1. The number of rotatable bonds is 2. The van der Waals surface area contributed by atoms with E-state index in [1.165, 1.54) is 0 Å². The Hall–Kier alpha value is -0.720. The van der Waals surface area contributed by atoms with Crippen molar-refractivity contribution in [3.63, 3.8) is 0 Å². The van der Waals surface area contributed by atoms with Gasteiger partial charge in [0.15, 0.2) is 0 Å². The second-order valence-electron chi connectivity index (χ2n) is 2.95. The number of terminal acetylenes is 1. The van der Waals surface area contributed by atoms with E-state index in [1.54, 1.807) is 0 Å². The number of amides is 1. The van der Waals surface area contributed by atoms with Crippen LogP contribution < -0.4 is 10.6 Å². The number of carbonyl (C=O) groups excluding carboxylic acids is 1. The van der Waals surface area contributed by atoms with Crippen LogP contribution in [0.25, 0.3) is 0 Å². The standard InChI is InChI=1S/C9H14N2O.ClH/c1-2-5-11-9(12)8-3-6-10-7-4-8;/h1,8,10H,3-7H2,(H,11,12);1H. The molecule has 0 aromatic carbocycles. The van der Waals surface area contributed by atoms with Gasteiger partial charge in [0.05, 0.1) is 6.54 Å². The molecule has 13 heavy (non-hydrogen) atoms. The van der Waals surface area contributed by atoms with Crippen LogP contribution in [0.2, 0.25) is 0 Å². The summed E-state index contributed by atoms with van der Waals surface area (Å²) in [6.45, 7) is 2.23. The van der Waals surface area contributed by atoms with E-state index in [-0.39, 0.29) is 24.2 Å². The van der Waals surface area contributed by atoms with Gasteiger partial charge in [-0.3, -0.25) is 4.79 Å². The normalized spacial score (nSPS) is 16.8. The summed E-state index contributed by atoms with van der Waals surface area (Å²) in [4.78, 5) is 11.3. The van der Waals surface area contributed by atoms with Crippen molar-refractivity contribution in [3.8, 4) is 12.3 Å². The van der Waals surface area contributed by atoms with Gasteiger partial charge in [-0.1, -0.05) is 5.92 Å². The van der Waals surface area contributed by atoms with Crippen LogP contribution in [0.4, 0.5) is 0 Å². The van der Waals surface area contributed by atoms with Crippen molar-refractivity contribution in [1.29, 1.82) is 0 Å². The highest BCUT2D eigenvalue weighted by molar-refractivity contribution is 5.85. The maximum absolute atomic E-state index is 11.3. The third kappa shape index (κ3) is 4.16. The van der Waals surface area contributed by atoms with E-state index in [2.05, 4.69) is 16.6 Å².